The predicted octanol–water partition coefficient (Wildman–Crippen LogP) is 2.33. The fourth-order valence-electron chi connectivity index (χ4n) is 0.986. The molecule has 0 amide bonds. The maximum atomic E-state index is 10.00. The van der Waals surface area contributed by atoms with Crippen LogP contribution in [0.15, 0.2) is 28.2 Å². The van der Waals surface area contributed by atoms with Crippen LogP contribution in [0.1, 0.15) is 12.5 Å². The van der Waals surface area contributed by atoms with Crippen LogP contribution >= 0.6 is 0 Å². The minimum Gasteiger partial charge on any atom is -0.373 e. The number of rotatable bonds is 2. The van der Waals surface area contributed by atoms with E-state index in [4.69, 9.17) is 4.74 Å². The molecule has 1 fully saturated rings. The Kier molecular flexibility index (Phi) is 4.98. The largest absolute Gasteiger partial charge is 0.373 e. The molecule has 0 aromatic heterocycles. The smallest absolute Gasteiger partial charge is 0.240 e. The number of hydrogen-bond acceptors (Lipinski definition) is 5. The molecule has 1 unspecified atom stereocenters. The van der Waals surface area contributed by atoms with Crippen LogP contribution in [0.5, 0.6) is 0 Å². The van der Waals surface area contributed by atoms with Crippen LogP contribution in [0, 0.1) is 6.92 Å². The molecule has 5 heteroatoms. The summed E-state index contributed by atoms with van der Waals surface area (Å²) in [5, 5.41) is 0. The van der Waals surface area contributed by atoms with Crippen LogP contribution in [0.4, 0.5) is 11.4 Å². The molecule has 1 aromatic rings. The normalized spacial score (nSPS) is 15.8. The van der Waals surface area contributed by atoms with Crippen molar-refractivity contribution in [1.82, 2.24) is 0 Å². The van der Waals surface area contributed by atoms with Crippen molar-refractivity contribution in [3.63, 3.8) is 0 Å². The molecule has 88 valence electrons. The van der Waals surface area contributed by atoms with E-state index in [0.29, 0.717) is 17.5 Å². The molecule has 1 heterocycles. The number of ether oxygens (including phenoxy) is 1. The quantitative estimate of drug-likeness (QED) is 0.446. The van der Waals surface area contributed by atoms with Gasteiger partial charge in [0.2, 0.25) is 12.2 Å². The lowest BCUT2D eigenvalue weighted by Gasteiger charge is -1.97. The minimum absolute atomic E-state index is 0.426. The third kappa shape index (κ3) is 5.00. The van der Waals surface area contributed by atoms with Gasteiger partial charge in [-0.15, -0.1) is 0 Å². The van der Waals surface area contributed by atoms with Crippen LogP contribution in [0.2, 0.25) is 0 Å². The van der Waals surface area contributed by atoms with Crippen molar-refractivity contribution in [3.8, 4) is 0 Å². The number of hydrogen-bond donors (Lipinski definition) is 0. The Bertz CT molecular complexity index is 483. The van der Waals surface area contributed by atoms with Gasteiger partial charge in [-0.25, -0.2) is 9.59 Å². The van der Waals surface area contributed by atoms with E-state index in [9.17, 15) is 9.59 Å². The van der Waals surface area contributed by atoms with E-state index in [1.165, 1.54) is 18.2 Å². The molecule has 5 nitrogen and oxygen atoms in total. The molecule has 1 aromatic carbocycles. The van der Waals surface area contributed by atoms with Gasteiger partial charge in [0, 0.05) is 0 Å². The molecule has 1 aliphatic heterocycles. The SMILES string of the molecule is CC1CO1.Cc1ccc(N=C=O)cc1N=C=O. The first kappa shape index (κ1) is 13.0. The molecule has 0 N–H and O–H groups in total. The topological polar surface area (TPSA) is 71.4 Å². The average molecular weight is 232 g/mol. The lowest BCUT2D eigenvalue weighted by Crippen LogP contribution is -1.73. The Labute approximate surface area is 98.8 Å². The van der Waals surface area contributed by atoms with E-state index in [2.05, 4.69) is 16.9 Å². The summed E-state index contributed by atoms with van der Waals surface area (Å²) < 4.78 is 4.71. The summed E-state index contributed by atoms with van der Waals surface area (Å²) in [6.45, 7) is 4.84. The molecule has 0 bridgehead atoms. The zero-order valence-corrected chi connectivity index (χ0v) is 9.64. The van der Waals surface area contributed by atoms with Gasteiger partial charge in [-0.3, -0.25) is 0 Å². The zero-order valence-electron chi connectivity index (χ0n) is 9.64. The van der Waals surface area contributed by atoms with Gasteiger partial charge in [-0.2, -0.15) is 9.98 Å². The summed E-state index contributed by atoms with van der Waals surface area (Å²) in [5.74, 6) is 0. The van der Waals surface area contributed by atoms with Gasteiger partial charge in [-0.05, 0) is 31.5 Å². The summed E-state index contributed by atoms with van der Waals surface area (Å²) >= 11 is 0. The highest BCUT2D eigenvalue weighted by Crippen LogP contribution is 2.23. The molecular formula is C12H12N2O3. The standard InChI is InChI=1S/C9H6N2O2.C3H6O/c1-7-2-3-8(10-5-12)4-9(7)11-6-13;1-3-2-4-3/h2-4H,1H3;3H,2H2,1H3. The van der Waals surface area contributed by atoms with Gasteiger partial charge in [0.1, 0.15) is 0 Å². The van der Waals surface area contributed by atoms with Crippen LogP contribution in [-0.4, -0.2) is 24.9 Å². The van der Waals surface area contributed by atoms with Crippen LogP contribution in [-0.2, 0) is 14.3 Å². The molecule has 2 rings (SSSR count). The van der Waals surface area contributed by atoms with Crippen molar-refractivity contribution < 1.29 is 14.3 Å². The summed E-state index contributed by atoms with van der Waals surface area (Å²) in [5.41, 5.74) is 1.72. The van der Waals surface area contributed by atoms with Crippen molar-refractivity contribution in [2.24, 2.45) is 9.98 Å². The number of benzene rings is 1. The van der Waals surface area contributed by atoms with E-state index < -0.39 is 0 Å². The van der Waals surface area contributed by atoms with E-state index in [-0.39, 0.29) is 0 Å². The van der Waals surface area contributed by atoms with Gasteiger partial charge in [-0.1, -0.05) is 6.07 Å². The lowest BCUT2D eigenvalue weighted by molar-refractivity contribution is 0.423. The fourth-order valence-corrected chi connectivity index (χ4v) is 0.986. The van der Waals surface area contributed by atoms with Crippen LogP contribution in [0.3, 0.4) is 0 Å². The van der Waals surface area contributed by atoms with Crippen molar-refractivity contribution in [3.05, 3.63) is 23.8 Å². The average Bonchev–Trinajstić information content (AvgIpc) is 3.07. The first-order valence-corrected chi connectivity index (χ1v) is 5.05. The molecule has 0 spiro atoms. The lowest BCUT2D eigenvalue weighted by atomic mass is 10.2. The second kappa shape index (κ2) is 6.51. The summed E-state index contributed by atoms with van der Waals surface area (Å²) in [6, 6.07) is 4.88. The molecule has 0 aliphatic carbocycles. The van der Waals surface area contributed by atoms with Gasteiger partial charge in [0.05, 0.1) is 24.1 Å². The minimum atomic E-state index is 0.426. The Morgan fingerprint density at radius 2 is 1.88 bits per heavy atom. The van der Waals surface area contributed by atoms with Crippen molar-refractivity contribution in [2.45, 2.75) is 20.0 Å². The second-order valence-electron chi connectivity index (χ2n) is 3.52. The van der Waals surface area contributed by atoms with Crippen molar-refractivity contribution in [1.29, 1.82) is 0 Å². The van der Waals surface area contributed by atoms with Crippen molar-refractivity contribution >= 4 is 23.5 Å². The fraction of sp³-hybridized carbons (Fsp3) is 0.333. The first-order valence-electron chi connectivity index (χ1n) is 5.05. The Morgan fingerprint density at radius 1 is 1.29 bits per heavy atom. The van der Waals surface area contributed by atoms with Gasteiger partial charge in [0.15, 0.2) is 0 Å². The molecular weight excluding hydrogens is 220 g/mol. The highest BCUT2D eigenvalue weighted by atomic mass is 16.6. The van der Waals surface area contributed by atoms with Gasteiger partial charge in [0.25, 0.3) is 0 Å². The Morgan fingerprint density at radius 3 is 2.35 bits per heavy atom. The monoisotopic (exact) mass is 232 g/mol. The van der Waals surface area contributed by atoms with Crippen LogP contribution in [0.25, 0.3) is 0 Å². The molecule has 17 heavy (non-hydrogen) atoms. The number of epoxide rings is 1. The number of nitrogens with zero attached hydrogens (tertiary/aromatic N) is 2. The zero-order chi connectivity index (χ0) is 12.7. The van der Waals surface area contributed by atoms with Gasteiger partial charge >= 0.3 is 0 Å². The van der Waals surface area contributed by atoms with E-state index in [0.717, 1.165) is 12.2 Å². The number of isocyanates is 2. The highest BCUT2D eigenvalue weighted by Gasteiger charge is 2.13. The summed E-state index contributed by atoms with van der Waals surface area (Å²) in [4.78, 5) is 26.8. The molecule has 1 saturated heterocycles. The Hall–Kier alpha value is -2.06. The number of aliphatic imine (C=N–C) groups is 2. The third-order valence-electron chi connectivity index (χ3n) is 2.03. The molecule has 1 aliphatic rings. The summed E-state index contributed by atoms with van der Waals surface area (Å²) in [7, 11) is 0. The maximum absolute atomic E-state index is 10.00. The number of carbonyl (C=O) groups excluding carboxylic acids is 2. The van der Waals surface area contributed by atoms with E-state index in [1.54, 1.807) is 19.1 Å². The second-order valence-corrected chi connectivity index (χ2v) is 3.52. The maximum Gasteiger partial charge on any atom is 0.240 e. The first-order chi connectivity index (χ1) is 8.17. The van der Waals surface area contributed by atoms with E-state index >= 15 is 0 Å². The molecule has 0 radical (unpaired) electrons. The van der Waals surface area contributed by atoms with Crippen LogP contribution < -0.4 is 0 Å². The number of aryl methyl sites for hydroxylation is 1. The summed E-state index contributed by atoms with van der Waals surface area (Å²) in [6.07, 6.45) is 3.42. The van der Waals surface area contributed by atoms with E-state index in [1.807, 2.05) is 0 Å². The highest BCUT2D eigenvalue weighted by molar-refractivity contribution is 5.61. The third-order valence-corrected chi connectivity index (χ3v) is 2.03. The molecule has 1 atom stereocenters. The predicted molar refractivity (Wildman–Crippen MR) is 62.2 cm³/mol. The van der Waals surface area contributed by atoms with Crippen molar-refractivity contribution in [2.75, 3.05) is 6.61 Å². The van der Waals surface area contributed by atoms with Gasteiger partial charge < -0.3 is 4.74 Å². The molecule has 0 saturated carbocycles. The Balaban J connectivity index is 0.000000302.